The highest BCUT2D eigenvalue weighted by molar-refractivity contribution is 7.98. The topological polar surface area (TPSA) is 279 Å². The van der Waals surface area contributed by atoms with Crippen LogP contribution in [0.25, 0.3) is 32.6 Å². The molecule has 1 atom stereocenters. The molecule has 10 rings (SSSR count). The zero-order valence-electron chi connectivity index (χ0n) is 54.2. The maximum absolute atomic E-state index is 13.6. The Morgan fingerprint density at radius 2 is 1.32 bits per heavy atom. The van der Waals surface area contributed by atoms with E-state index in [4.69, 9.17) is 34.4 Å². The van der Waals surface area contributed by atoms with Crippen LogP contribution in [-0.2, 0) is 60.2 Å². The number of aromatic nitrogens is 8. The summed E-state index contributed by atoms with van der Waals surface area (Å²) in [5.41, 5.74) is 14.9. The zero-order chi connectivity index (χ0) is 66.4. The van der Waals surface area contributed by atoms with Gasteiger partial charge >= 0.3 is 0 Å². The van der Waals surface area contributed by atoms with Gasteiger partial charge in [0.2, 0.25) is 11.8 Å². The van der Waals surface area contributed by atoms with Crippen molar-refractivity contribution in [2.24, 2.45) is 0 Å². The molecule has 25 heteroatoms. The number of amides is 4. The SMILES string of the molecule is CSc1nc(-c2cccc(NCC(=O)NCc3cn(CCOCCOCCOCCOCCn4cc(COc5ccc([C@@]6(C)CC(C)(C)N(C(C)=O)c7ccc(NC(=O)c8ccc(-c9ccccc9)cc8)cc76)cc5)nn4)nn3)c2)c2c(N)c(C(=O)NC(C)(C)C)sc2n1. The van der Waals surface area contributed by atoms with Gasteiger partial charge in [-0.15, -0.1) is 21.5 Å². The Morgan fingerprint density at radius 3 is 1.97 bits per heavy atom. The number of carbonyl (C=O) groups excluding carboxylic acids is 4. The van der Waals surface area contributed by atoms with Gasteiger partial charge in [-0.05, 0) is 124 Å². The third-order valence-electron chi connectivity index (χ3n) is 15.6. The van der Waals surface area contributed by atoms with E-state index in [9.17, 15) is 19.2 Å². The molecule has 9 aromatic rings. The molecule has 0 spiro atoms. The molecule has 0 fully saturated rings. The van der Waals surface area contributed by atoms with E-state index in [0.717, 1.165) is 33.5 Å². The number of hydrogen-bond donors (Lipinski definition) is 5. The first-order chi connectivity index (χ1) is 45.2. The average Bonchev–Trinajstić information content (AvgIpc) is 0.862. The number of carbonyl (C=O) groups is 4. The van der Waals surface area contributed by atoms with Crippen LogP contribution >= 0.6 is 23.1 Å². The molecule has 1 aliphatic heterocycles. The largest absolute Gasteiger partial charge is 0.487 e. The zero-order valence-corrected chi connectivity index (χ0v) is 55.8. The van der Waals surface area contributed by atoms with Crippen LogP contribution in [0.15, 0.2) is 139 Å². The Labute approximate surface area is 554 Å². The van der Waals surface area contributed by atoms with Gasteiger partial charge in [0.05, 0.1) is 108 Å². The van der Waals surface area contributed by atoms with Crippen LogP contribution in [0, 0.1) is 0 Å². The maximum atomic E-state index is 13.6. The van der Waals surface area contributed by atoms with Crippen molar-refractivity contribution in [1.82, 2.24) is 50.6 Å². The minimum Gasteiger partial charge on any atom is -0.487 e. The summed E-state index contributed by atoms with van der Waals surface area (Å²) in [6.45, 7) is 18.4. The number of ether oxygens (including phenoxy) is 5. The van der Waals surface area contributed by atoms with E-state index in [2.05, 4.69) is 79.8 Å². The number of thioether (sulfide) groups is 1. The number of nitrogen functional groups attached to an aromatic ring is 1. The average molecular weight is 1310 g/mol. The van der Waals surface area contributed by atoms with Gasteiger partial charge in [0.1, 0.15) is 33.5 Å². The van der Waals surface area contributed by atoms with Crippen molar-refractivity contribution >= 4 is 79.7 Å². The van der Waals surface area contributed by atoms with E-state index < -0.39 is 16.5 Å². The first-order valence-electron chi connectivity index (χ1n) is 31.1. The smallest absolute Gasteiger partial charge is 0.263 e. The predicted molar refractivity (Wildman–Crippen MR) is 365 cm³/mol. The molecule has 0 aliphatic carbocycles. The molecule has 5 heterocycles. The molecule has 0 saturated carbocycles. The number of thiophene rings is 1. The normalized spacial score (nSPS) is 14.4. The molecular formula is C69H80N14O9S2. The van der Waals surface area contributed by atoms with E-state index in [1.807, 2.05) is 147 Å². The molecule has 6 N–H and O–H groups in total. The lowest BCUT2D eigenvalue weighted by molar-refractivity contribution is -0.119. The summed E-state index contributed by atoms with van der Waals surface area (Å²) in [7, 11) is 0. The van der Waals surface area contributed by atoms with Gasteiger partial charge in [-0.2, -0.15) is 0 Å². The number of rotatable bonds is 30. The Kier molecular flexibility index (Phi) is 22.2. The lowest BCUT2D eigenvalue weighted by Gasteiger charge is -2.51. The first kappa shape index (κ1) is 67.8. The number of fused-ring (bicyclic) bond motifs is 2. The van der Waals surface area contributed by atoms with Crippen molar-refractivity contribution < 1.29 is 42.9 Å². The van der Waals surface area contributed by atoms with E-state index in [1.54, 1.807) is 22.5 Å². The Morgan fingerprint density at radius 1 is 0.691 bits per heavy atom. The monoisotopic (exact) mass is 1310 g/mol. The second kappa shape index (κ2) is 30.8. The number of nitrogens with zero attached hydrogens (tertiary/aromatic N) is 9. The third kappa shape index (κ3) is 17.4. The Balaban J connectivity index is 0.573. The van der Waals surface area contributed by atoms with Crippen molar-refractivity contribution in [1.29, 1.82) is 0 Å². The molecule has 1 aliphatic rings. The van der Waals surface area contributed by atoms with Crippen LogP contribution in [-0.4, -0.2) is 140 Å². The molecule has 23 nitrogen and oxygen atoms in total. The number of nitrogens with two attached hydrogens (primary N) is 1. The standard InChI is InChI=1S/C69H80N14O9S2/c1-45(84)83-57-26-23-52(73-63(86)48-19-17-47(18-20-48)46-13-10-9-11-14-46)38-56(57)69(7,44-68(83,5)6)50-21-24-55(25-22-50)92-43-54-42-82(80-78-54)28-30-89-32-34-91-36-35-90-33-31-88-29-27-81-41-53(77-79-81)39-72-58(85)40-71-51-16-12-15-49(37-51)61-59-60(70)62(64(87)76-67(2,3)4)94-65(59)75-66(74-61)93-8/h9-26,37-38,41-42,71H,27-36,39-40,43-44,70H2,1-8H3,(H,72,85)(H,73,86)(H,76,87)/t69-/m1/s1. The number of nitrogens with one attached hydrogen (secondary N) is 4. The second-order valence-electron chi connectivity index (χ2n) is 24.5. The van der Waals surface area contributed by atoms with Crippen molar-refractivity contribution in [3.8, 4) is 28.1 Å². The van der Waals surface area contributed by atoms with Gasteiger partial charge in [0.15, 0.2) is 5.16 Å². The van der Waals surface area contributed by atoms with Crippen molar-refractivity contribution in [2.75, 3.05) is 86.9 Å². The molecule has 492 valence electrons. The minimum atomic E-state index is -0.522. The molecule has 0 radical (unpaired) electrons. The van der Waals surface area contributed by atoms with E-state index in [1.165, 1.54) is 23.1 Å². The lowest BCUT2D eigenvalue weighted by Crippen LogP contribution is -2.55. The van der Waals surface area contributed by atoms with Gasteiger partial charge in [-0.1, -0.05) is 95.8 Å². The summed E-state index contributed by atoms with van der Waals surface area (Å²) in [4.78, 5) is 65.1. The van der Waals surface area contributed by atoms with Gasteiger partial charge in [-0.3, -0.25) is 19.2 Å². The summed E-state index contributed by atoms with van der Waals surface area (Å²) < 4.78 is 32.4. The van der Waals surface area contributed by atoms with Crippen LogP contribution in [0.5, 0.6) is 5.75 Å². The third-order valence-corrected chi connectivity index (χ3v) is 17.3. The van der Waals surface area contributed by atoms with Crippen molar-refractivity contribution in [3.63, 3.8) is 0 Å². The van der Waals surface area contributed by atoms with Crippen molar-refractivity contribution in [3.05, 3.63) is 167 Å². The fourth-order valence-corrected chi connectivity index (χ4v) is 12.8. The molecule has 0 saturated heterocycles. The molecule has 94 heavy (non-hydrogen) atoms. The van der Waals surface area contributed by atoms with Crippen LogP contribution in [0.3, 0.4) is 0 Å². The molecule has 5 aromatic carbocycles. The molecular weight excluding hydrogens is 1230 g/mol. The molecule has 0 unspecified atom stereocenters. The van der Waals surface area contributed by atoms with Gasteiger partial charge in [-0.25, -0.2) is 19.3 Å². The van der Waals surface area contributed by atoms with Crippen LogP contribution in [0.4, 0.5) is 22.7 Å². The summed E-state index contributed by atoms with van der Waals surface area (Å²) in [5.74, 6) is -0.0945. The molecule has 4 amide bonds. The predicted octanol–water partition coefficient (Wildman–Crippen LogP) is 10.2. The fraction of sp³-hybridized carbons (Fsp3) is 0.362. The Bertz CT molecular complexity index is 4080. The summed E-state index contributed by atoms with van der Waals surface area (Å²) in [6.07, 6.45) is 6.13. The summed E-state index contributed by atoms with van der Waals surface area (Å²) in [5, 5.41) is 30.2. The quantitative estimate of drug-likeness (QED) is 0.0159. The Hall–Kier alpha value is -9.11. The maximum Gasteiger partial charge on any atom is 0.263 e. The van der Waals surface area contributed by atoms with Crippen molar-refractivity contribution in [2.45, 2.75) is 103 Å². The summed E-state index contributed by atoms with van der Waals surface area (Å²) in [6, 6.07) is 39.0. The highest BCUT2D eigenvalue weighted by atomic mass is 32.2. The van der Waals surface area contributed by atoms with E-state index in [-0.39, 0.29) is 43.3 Å². The van der Waals surface area contributed by atoms with Gasteiger partial charge in [0, 0.05) is 51.6 Å². The van der Waals surface area contributed by atoms with E-state index >= 15 is 0 Å². The van der Waals surface area contributed by atoms with Crippen LogP contribution < -0.4 is 36.6 Å². The molecule has 0 bridgehead atoms. The van der Waals surface area contributed by atoms with E-state index in [0.29, 0.717) is 138 Å². The molecule has 4 aromatic heterocycles. The number of anilines is 4. The second-order valence-corrected chi connectivity index (χ2v) is 26.3. The minimum absolute atomic E-state index is 0.0133. The highest BCUT2D eigenvalue weighted by Gasteiger charge is 2.47. The first-order valence-corrected chi connectivity index (χ1v) is 33.1. The summed E-state index contributed by atoms with van der Waals surface area (Å²) >= 11 is 2.64. The fourth-order valence-electron chi connectivity index (χ4n) is 11.4. The number of benzene rings is 5. The lowest BCUT2D eigenvalue weighted by atomic mass is 9.65. The van der Waals surface area contributed by atoms with Crippen LogP contribution in [0.1, 0.15) is 97.4 Å². The van der Waals surface area contributed by atoms with Gasteiger partial charge in [0.25, 0.3) is 11.8 Å². The highest BCUT2D eigenvalue weighted by Crippen LogP contribution is 2.51. The van der Waals surface area contributed by atoms with Crippen LogP contribution in [0.2, 0.25) is 0 Å². The van der Waals surface area contributed by atoms with Gasteiger partial charge < -0.3 is 55.6 Å². The number of hydrogen-bond acceptors (Lipinski definition) is 19.